The van der Waals surface area contributed by atoms with E-state index in [4.69, 9.17) is 0 Å². The third-order valence-corrected chi connectivity index (χ3v) is 3.77. The van der Waals surface area contributed by atoms with E-state index in [0.717, 1.165) is 19.3 Å². The average Bonchev–Trinajstić information content (AvgIpc) is 2.29. The van der Waals surface area contributed by atoms with Gasteiger partial charge < -0.3 is 10.6 Å². The Hall–Kier alpha value is -0.730. The highest BCUT2D eigenvalue weighted by Crippen LogP contribution is 2.17. The van der Waals surface area contributed by atoms with Gasteiger partial charge in [0.05, 0.1) is 0 Å². The smallest absolute Gasteiger partial charge is 0.315 e. The predicted molar refractivity (Wildman–Crippen MR) is 72.1 cm³/mol. The van der Waals surface area contributed by atoms with E-state index < -0.39 is 0 Å². The first-order valence-electron chi connectivity index (χ1n) is 7.18. The van der Waals surface area contributed by atoms with Gasteiger partial charge >= 0.3 is 6.03 Å². The summed E-state index contributed by atoms with van der Waals surface area (Å²) in [5.41, 5.74) is 0. The molecule has 2 amide bonds. The lowest BCUT2D eigenvalue weighted by Crippen LogP contribution is -2.46. The van der Waals surface area contributed by atoms with Gasteiger partial charge in [0.1, 0.15) is 0 Å². The van der Waals surface area contributed by atoms with Gasteiger partial charge in [0.25, 0.3) is 0 Å². The standard InChI is InChI=1S/C14H28N2O/c1-4-11(2)10-12(3)15-14(17)16-13-8-6-5-7-9-13/h11-13H,4-10H2,1-3H3,(H2,15,16,17). The van der Waals surface area contributed by atoms with Crippen LogP contribution in [0.1, 0.15) is 65.7 Å². The third kappa shape index (κ3) is 5.94. The van der Waals surface area contributed by atoms with E-state index in [1.165, 1.54) is 25.7 Å². The van der Waals surface area contributed by atoms with Crippen LogP contribution >= 0.6 is 0 Å². The number of nitrogens with one attached hydrogen (secondary N) is 2. The first kappa shape index (κ1) is 14.3. The highest BCUT2D eigenvalue weighted by molar-refractivity contribution is 5.74. The summed E-state index contributed by atoms with van der Waals surface area (Å²) in [6, 6.07) is 0.695. The van der Waals surface area contributed by atoms with Crippen LogP contribution in [-0.4, -0.2) is 18.1 Å². The maximum atomic E-state index is 11.8. The Kier molecular flexibility index (Phi) is 6.38. The van der Waals surface area contributed by atoms with Gasteiger partial charge in [-0.2, -0.15) is 0 Å². The number of carbonyl (C=O) groups is 1. The Morgan fingerprint density at radius 1 is 1.24 bits per heavy atom. The Morgan fingerprint density at radius 3 is 2.47 bits per heavy atom. The van der Waals surface area contributed by atoms with Crippen molar-refractivity contribution in [1.29, 1.82) is 0 Å². The van der Waals surface area contributed by atoms with Gasteiger partial charge in [-0.25, -0.2) is 4.79 Å². The first-order valence-corrected chi connectivity index (χ1v) is 7.18. The summed E-state index contributed by atoms with van der Waals surface area (Å²) in [6.45, 7) is 6.52. The zero-order valence-electron chi connectivity index (χ0n) is 11.6. The van der Waals surface area contributed by atoms with Crippen LogP contribution in [0.15, 0.2) is 0 Å². The van der Waals surface area contributed by atoms with Crippen molar-refractivity contribution in [3.8, 4) is 0 Å². The van der Waals surface area contributed by atoms with Crippen molar-refractivity contribution < 1.29 is 4.79 Å². The van der Waals surface area contributed by atoms with Crippen molar-refractivity contribution >= 4 is 6.03 Å². The molecule has 1 aliphatic carbocycles. The second-order valence-electron chi connectivity index (χ2n) is 5.60. The van der Waals surface area contributed by atoms with E-state index in [0.29, 0.717) is 12.0 Å². The monoisotopic (exact) mass is 240 g/mol. The molecule has 1 aliphatic rings. The lowest BCUT2D eigenvalue weighted by Gasteiger charge is -2.24. The molecular weight excluding hydrogens is 212 g/mol. The highest BCUT2D eigenvalue weighted by atomic mass is 16.2. The van der Waals surface area contributed by atoms with Crippen LogP contribution in [0.5, 0.6) is 0 Å². The Balaban J connectivity index is 2.18. The van der Waals surface area contributed by atoms with Crippen molar-refractivity contribution in [2.75, 3.05) is 0 Å². The van der Waals surface area contributed by atoms with Gasteiger partial charge in [-0.3, -0.25) is 0 Å². The molecule has 3 heteroatoms. The van der Waals surface area contributed by atoms with Crippen molar-refractivity contribution in [3.63, 3.8) is 0 Å². The van der Waals surface area contributed by atoms with Crippen LogP contribution in [0.2, 0.25) is 0 Å². The van der Waals surface area contributed by atoms with E-state index in [1.807, 2.05) is 0 Å². The fourth-order valence-electron chi connectivity index (χ4n) is 2.53. The summed E-state index contributed by atoms with van der Waals surface area (Å²) in [7, 11) is 0. The SMILES string of the molecule is CCC(C)CC(C)NC(=O)NC1CCCCC1. The summed E-state index contributed by atoms with van der Waals surface area (Å²) < 4.78 is 0. The molecule has 1 fully saturated rings. The first-order chi connectivity index (χ1) is 8.11. The number of hydrogen-bond donors (Lipinski definition) is 2. The minimum atomic E-state index is 0.0210. The Bertz CT molecular complexity index is 224. The second-order valence-corrected chi connectivity index (χ2v) is 5.60. The van der Waals surface area contributed by atoms with E-state index in [-0.39, 0.29) is 12.1 Å². The van der Waals surface area contributed by atoms with Crippen molar-refractivity contribution in [2.24, 2.45) is 5.92 Å². The highest BCUT2D eigenvalue weighted by Gasteiger charge is 2.16. The van der Waals surface area contributed by atoms with E-state index in [2.05, 4.69) is 31.4 Å². The van der Waals surface area contributed by atoms with Gasteiger partial charge in [-0.15, -0.1) is 0 Å². The molecule has 2 unspecified atom stereocenters. The molecule has 2 N–H and O–H groups in total. The molecule has 0 aromatic rings. The molecular formula is C14H28N2O. The molecule has 0 saturated heterocycles. The lowest BCUT2D eigenvalue weighted by atomic mass is 9.96. The normalized spacial score (nSPS) is 20.6. The zero-order chi connectivity index (χ0) is 12.7. The minimum Gasteiger partial charge on any atom is -0.336 e. The van der Waals surface area contributed by atoms with Gasteiger partial charge in [0, 0.05) is 12.1 Å². The molecule has 0 radical (unpaired) electrons. The lowest BCUT2D eigenvalue weighted by molar-refractivity contribution is 0.227. The fraction of sp³-hybridized carbons (Fsp3) is 0.929. The number of rotatable bonds is 5. The third-order valence-electron chi connectivity index (χ3n) is 3.77. The molecule has 0 aliphatic heterocycles. The van der Waals surface area contributed by atoms with Crippen LogP contribution in [0, 0.1) is 5.92 Å². The Labute approximate surface area is 106 Å². The quantitative estimate of drug-likeness (QED) is 0.759. The van der Waals surface area contributed by atoms with Gasteiger partial charge in [-0.05, 0) is 32.1 Å². The zero-order valence-corrected chi connectivity index (χ0v) is 11.6. The average molecular weight is 240 g/mol. The van der Waals surface area contributed by atoms with Crippen LogP contribution in [-0.2, 0) is 0 Å². The molecule has 0 aromatic heterocycles. The van der Waals surface area contributed by atoms with Gasteiger partial charge in [0.15, 0.2) is 0 Å². The summed E-state index contributed by atoms with van der Waals surface area (Å²) in [6.07, 6.45) is 8.37. The molecule has 0 aromatic carbocycles. The number of urea groups is 1. The van der Waals surface area contributed by atoms with E-state index in [9.17, 15) is 4.79 Å². The second kappa shape index (κ2) is 7.57. The molecule has 3 nitrogen and oxygen atoms in total. The van der Waals surface area contributed by atoms with E-state index >= 15 is 0 Å². The van der Waals surface area contributed by atoms with E-state index in [1.54, 1.807) is 0 Å². The summed E-state index contributed by atoms with van der Waals surface area (Å²) in [5.74, 6) is 0.681. The Morgan fingerprint density at radius 2 is 1.88 bits per heavy atom. The molecule has 1 rings (SSSR count). The predicted octanol–water partition coefficient (Wildman–Crippen LogP) is 3.44. The largest absolute Gasteiger partial charge is 0.336 e. The molecule has 0 bridgehead atoms. The van der Waals surface area contributed by atoms with Crippen LogP contribution in [0.25, 0.3) is 0 Å². The molecule has 2 atom stereocenters. The summed E-state index contributed by atoms with van der Waals surface area (Å²) in [5, 5.41) is 6.13. The maximum Gasteiger partial charge on any atom is 0.315 e. The van der Waals surface area contributed by atoms with Crippen molar-refractivity contribution in [3.05, 3.63) is 0 Å². The molecule has 17 heavy (non-hydrogen) atoms. The van der Waals surface area contributed by atoms with Gasteiger partial charge in [0.2, 0.25) is 0 Å². The minimum absolute atomic E-state index is 0.0210. The van der Waals surface area contributed by atoms with Crippen LogP contribution in [0.3, 0.4) is 0 Å². The summed E-state index contributed by atoms with van der Waals surface area (Å²) >= 11 is 0. The van der Waals surface area contributed by atoms with Crippen LogP contribution < -0.4 is 10.6 Å². The number of hydrogen-bond acceptors (Lipinski definition) is 1. The van der Waals surface area contributed by atoms with Crippen molar-refractivity contribution in [2.45, 2.75) is 77.8 Å². The number of carbonyl (C=O) groups excluding carboxylic acids is 1. The van der Waals surface area contributed by atoms with Crippen LogP contribution in [0.4, 0.5) is 4.79 Å². The molecule has 0 heterocycles. The molecule has 100 valence electrons. The van der Waals surface area contributed by atoms with Gasteiger partial charge in [-0.1, -0.05) is 39.5 Å². The number of amides is 2. The fourth-order valence-corrected chi connectivity index (χ4v) is 2.53. The summed E-state index contributed by atoms with van der Waals surface area (Å²) in [4.78, 5) is 11.8. The van der Waals surface area contributed by atoms with Crippen molar-refractivity contribution in [1.82, 2.24) is 10.6 Å². The maximum absolute atomic E-state index is 11.8. The molecule has 1 saturated carbocycles. The molecule has 0 spiro atoms. The topological polar surface area (TPSA) is 41.1 Å².